The number of amides is 1. The van der Waals surface area contributed by atoms with E-state index in [0.717, 1.165) is 12.8 Å². The van der Waals surface area contributed by atoms with Crippen LogP contribution in [0.2, 0.25) is 0 Å². The third-order valence-corrected chi connectivity index (χ3v) is 4.39. The minimum absolute atomic E-state index is 0.137. The number of methoxy groups -OCH3 is 1. The Balaban J connectivity index is 1.82. The largest absolute Gasteiger partial charge is 0.494 e. The Labute approximate surface area is 155 Å². The van der Waals surface area contributed by atoms with Gasteiger partial charge in [-0.25, -0.2) is 4.39 Å². The normalized spacial score (nSPS) is 13.1. The number of ether oxygens (including phenoxy) is 1. The molecule has 0 aromatic heterocycles. The van der Waals surface area contributed by atoms with Crippen molar-refractivity contribution in [3.63, 3.8) is 0 Å². The average molecular weight is 373 g/mol. The summed E-state index contributed by atoms with van der Waals surface area (Å²) in [5, 5.41) is 14.3. The summed E-state index contributed by atoms with van der Waals surface area (Å²) in [6.07, 6.45) is 1.88. The number of halogens is 1. The van der Waals surface area contributed by atoms with Gasteiger partial charge >= 0.3 is 0 Å². The molecular formula is C19H20FN3O4. The second-order valence-corrected chi connectivity index (χ2v) is 6.53. The molecule has 2 aromatic rings. The fourth-order valence-corrected chi connectivity index (χ4v) is 2.80. The lowest BCUT2D eigenvalue weighted by Crippen LogP contribution is -2.25. The summed E-state index contributed by atoms with van der Waals surface area (Å²) in [4.78, 5) is 24.8. The van der Waals surface area contributed by atoms with Gasteiger partial charge in [0.2, 0.25) is 0 Å². The second kappa shape index (κ2) is 7.61. The van der Waals surface area contributed by atoms with Crippen molar-refractivity contribution in [3.8, 4) is 5.75 Å². The minimum Gasteiger partial charge on any atom is -0.494 e. The smallest absolute Gasteiger partial charge is 0.293 e. The molecule has 0 radical (unpaired) electrons. The topological polar surface area (TPSA) is 84.7 Å². The third kappa shape index (κ3) is 4.33. The highest BCUT2D eigenvalue weighted by Gasteiger charge is 2.26. The predicted octanol–water partition coefficient (Wildman–Crippen LogP) is 3.27. The van der Waals surface area contributed by atoms with Crippen molar-refractivity contribution in [2.24, 2.45) is 0 Å². The van der Waals surface area contributed by atoms with Gasteiger partial charge < -0.3 is 15.0 Å². The van der Waals surface area contributed by atoms with Crippen molar-refractivity contribution in [1.82, 2.24) is 5.32 Å². The van der Waals surface area contributed by atoms with Gasteiger partial charge in [-0.15, -0.1) is 0 Å². The molecule has 1 aliphatic carbocycles. The van der Waals surface area contributed by atoms with Crippen molar-refractivity contribution in [2.75, 3.05) is 19.1 Å². The van der Waals surface area contributed by atoms with Gasteiger partial charge in [0.05, 0.1) is 12.0 Å². The minimum atomic E-state index is -0.520. The lowest BCUT2D eigenvalue weighted by atomic mass is 10.1. The van der Waals surface area contributed by atoms with Crippen LogP contribution in [0.5, 0.6) is 5.75 Å². The first-order chi connectivity index (χ1) is 12.9. The number of nitro groups is 1. The van der Waals surface area contributed by atoms with E-state index in [0.29, 0.717) is 11.3 Å². The van der Waals surface area contributed by atoms with Gasteiger partial charge in [-0.1, -0.05) is 6.07 Å². The van der Waals surface area contributed by atoms with Gasteiger partial charge in [0.15, 0.2) is 11.6 Å². The maximum Gasteiger partial charge on any atom is 0.293 e. The number of nitrogens with one attached hydrogen (secondary N) is 1. The molecule has 142 valence electrons. The van der Waals surface area contributed by atoms with Crippen LogP contribution < -0.4 is 15.0 Å². The van der Waals surface area contributed by atoms with Crippen molar-refractivity contribution >= 4 is 17.3 Å². The van der Waals surface area contributed by atoms with Crippen molar-refractivity contribution < 1.29 is 18.8 Å². The molecule has 0 spiro atoms. The van der Waals surface area contributed by atoms with Gasteiger partial charge in [-0.3, -0.25) is 14.9 Å². The lowest BCUT2D eigenvalue weighted by molar-refractivity contribution is -0.384. The first-order valence-corrected chi connectivity index (χ1v) is 8.52. The quantitative estimate of drug-likeness (QED) is 0.595. The number of rotatable bonds is 7. The summed E-state index contributed by atoms with van der Waals surface area (Å²) in [5.41, 5.74) is 1.07. The molecule has 1 fully saturated rings. The van der Waals surface area contributed by atoms with E-state index in [9.17, 15) is 19.3 Å². The Hall–Kier alpha value is -3.16. The van der Waals surface area contributed by atoms with E-state index in [-0.39, 0.29) is 35.5 Å². The summed E-state index contributed by atoms with van der Waals surface area (Å²) >= 11 is 0. The average Bonchev–Trinajstić information content (AvgIpc) is 3.45. The van der Waals surface area contributed by atoms with E-state index in [1.165, 1.54) is 25.3 Å². The zero-order valence-electron chi connectivity index (χ0n) is 15.1. The van der Waals surface area contributed by atoms with Crippen LogP contribution in [0, 0.1) is 15.9 Å². The van der Waals surface area contributed by atoms with Gasteiger partial charge in [0, 0.05) is 31.3 Å². The van der Waals surface area contributed by atoms with E-state index in [1.54, 1.807) is 30.1 Å². The van der Waals surface area contributed by atoms with Gasteiger partial charge in [0.1, 0.15) is 5.69 Å². The zero-order valence-corrected chi connectivity index (χ0v) is 15.1. The monoisotopic (exact) mass is 373 g/mol. The second-order valence-electron chi connectivity index (χ2n) is 6.53. The Kier molecular flexibility index (Phi) is 5.25. The molecule has 1 N–H and O–H groups in total. The molecule has 0 heterocycles. The first kappa shape index (κ1) is 18.6. The Bertz CT molecular complexity index is 883. The van der Waals surface area contributed by atoms with Crippen molar-refractivity contribution in [1.29, 1.82) is 0 Å². The van der Waals surface area contributed by atoms with Crippen LogP contribution in [0.25, 0.3) is 0 Å². The Morgan fingerprint density at radius 1 is 1.33 bits per heavy atom. The molecule has 2 aromatic carbocycles. The number of benzene rings is 2. The highest BCUT2D eigenvalue weighted by Crippen LogP contribution is 2.30. The fourth-order valence-electron chi connectivity index (χ4n) is 2.80. The summed E-state index contributed by atoms with van der Waals surface area (Å²) in [5.74, 6) is -0.671. The molecule has 8 heteroatoms. The molecule has 0 unspecified atom stereocenters. The van der Waals surface area contributed by atoms with Crippen LogP contribution >= 0.6 is 0 Å². The van der Waals surface area contributed by atoms with Crippen molar-refractivity contribution in [3.05, 3.63) is 63.5 Å². The van der Waals surface area contributed by atoms with E-state index < -0.39 is 10.7 Å². The molecule has 7 nitrogen and oxygen atoms in total. The summed E-state index contributed by atoms with van der Waals surface area (Å²) in [6, 6.07) is 9.09. The molecule has 27 heavy (non-hydrogen) atoms. The molecule has 1 saturated carbocycles. The molecular weight excluding hydrogens is 353 g/mol. The lowest BCUT2D eigenvalue weighted by Gasteiger charge is -2.20. The van der Waals surface area contributed by atoms with Gasteiger partial charge in [-0.2, -0.15) is 0 Å². The van der Waals surface area contributed by atoms with Crippen LogP contribution in [-0.4, -0.2) is 31.0 Å². The van der Waals surface area contributed by atoms with Crippen LogP contribution in [0.1, 0.15) is 28.8 Å². The van der Waals surface area contributed by atoms with Gasteiger partial charge in [-0.05, 0) is 42.7 Å². The molecule has 3 rings (SSSR count). The Morgan fingerprint density at radius 2 is 2.07 bits per heavy atom. The maximum absolute atomic E-state index is 13.9. The summed E-state index contributed by atoms with van der Waals surface area (Å²) < 4.78 is 18.8. The van der Waals surface area contributed by atoms with E-state index >= 15 is 0 Å². The molecule has 1 aliphatic rings. The van der Waals surface area contributed by atoms with Crippen LogP contribution in [0.15, 0.2) is 36.4 Å². The number of carbonyl (C=O) groups is 1. The number of hydrogen-bond acceptors (Lipinski definition) is 5. The third-order valence-electron chi connectivity index (χ3n) is 4.39. The molecule has 0 atom stereocenters. The first-order valence-electron chi connectivity index (χ1n) is 8.52. The standard InChI is InChI=1S/C19H20FN3O4/c1-22(11-12-3-8-18(27-2)15(20)9-12)16-7-4-13(10-17(16)23(25)26)19(24)21-14-5-6-14/h3-4,7-10,14H,5-6,11H2,1-2H3,(H,21,24). The zero-order chi connectivity index (χ0) is 19.6. The molecule has 1 amide bonds. The van der Waals surface area contributed by atoms with E-state index in [2.05, 4.69) is 5.32 Å². The number of nitro benzene ring substituents is 1. The fraction of sp³-hybridized carbons (Fsp3) is 0.316. The molecule has 0 bridgehead atoms. The number of hydrogen-bond donors (Lipinski definition) is 1. The van der Waals surface area contributed by atoms with Crippen LogP contribution in [-0.2, 0) is 6.54 Å². The van der Waals surface area contributed by atoms with Gasteiger partial charge in [0.25, 0.3) is 11.6 Å². The maximum atomic E-state index is 13.9. The van der Waals surface area contributed by atoms with E-state index in [1.807, 2.05) is 0 Å². The van der Waals surface area contributed by atoms with Crippen LogP contribution in [0.4, 0.5) is 15.8 Å². The number of carbonyl (C=O) groups excluding carboxylic acids is 1. The van der Waals surface area contributed by atoms with E-state index in [4.69, 9.17) is 4.74 Å². The number of anilines is 1. The SMILES string of the molecule is COc1ccc(CN(C)c2ccc(C(=O)NC3CC3)cc2[N+](=O)[O-])cc1F. The Morgan fingerprint density at radius 3 is 2.67 bits per heavy atom. The van der Waals surface area contributed by atoms with Crippen molar-refractivity contribution in [2.45, 2.75) is 25.4 Å². The highest BCUT2D eigenvalue weighted by atomic mass is 19.1. The number of nitrogens with zero attached hydrogens (tertiary/aromatic N) is 2. The predicted molar refractivity (Wildman–Crippen MR) is 98.6 cm³/mol. The summed E-state index contributed by atoms with van der Waals surface area (Å²) in [6.45, 7) is 0.259. The molecule has 0 aliphatic heterocycles. The van der Waals surface area contributed by atoms with Crippen LogP contribution in [0.3, 0.4) is 0 Å². The highest BCUT2D eigenvalue weighted by molar-refractivity contribution is 5.96. The summed E-state index contributed by atoms with van der Waals surface area (Å²) in [7, 11) is 3.06. The molecule has 0 saturated heterocycles.